The summed E-state index contributed by atoms with van der Waals surface area (Å²) >= 11 is 0. The highest BCUT2D eigenvalue weighted by Crippen LogP contribution is 2.62. The number of Topliss-reactive ketones (excluding diaryl/α,β-unsaturated/α-hetero) is 2. The SMILES string of the molecule is CC(=O)OCC(=O)[C@@]1(O)CC[C@H]2C3=C(C(=O)C[C@@]21C)[C@@]1(C)C=CC(=O)C=C1C=C3. The van der Waals surface area contributed by atoms with Crippen molar-refractivity contribution >= 4 is 23.3 Å². The van der Waals surface area contributed by atoms with Gasteiger partial charge in [0, 0.05) is 29.7 Å². The fourth-order valence-corrected chi connectivity index (χ4v) is 5.63. The van der Waals surface area contributed by atoms with Crippen molar-refractivity contribution in [2.45, 2.75) is 45.6 Å². The van der Waals surface area contributed by atoms with E-state index in [4.69, 9.17) is 4.74 Å². The predicted molar refractivity (Wildman–Crippen MR) is 104 cm³/mol. The molecule has 1 saturated carbocycles. The number of ether oxygens (including phenoxy) is 1. The number of aliphatic hydroxyl groups is 1. The van der Waals surface area contributed by atoms with E-state index in [9.17, 15) is 24.3 Å². The Morgan fingerprint density at radius 2 is 1.93 bits per heavy atom. The van der Waals surface area contributed by atoms with Crippen LogP contribution in [-0.4, -0.2) is 40.6 Å². The lowest BCUT2D eigenvalue weighted by Crippen LogP contribution is -2.56. The normalized spacial score (nSPS) is 37.7. The van der Waals surface area contributed by atoms with E-state index in [1.807, 2.05) is 19.1 Å². The van der Waals surface area contributed by atoms with Gasteiger partial charge in [0.05, 0.1) is 0 Å². The zero-order chi connectivity index (χ0) is 21.2. The lowest BCUT2D eigenvalue weighted by Gasteiger charge is -2.49. The summed E-state index contributed by atoms with van der Waals surface area (Å²) in [5.41, 5.74) is -1.13. The van der Waals surface area contributed by atoms with Gasteiger partial charge in [-0.1, -0.05) is 25.2 Å². The molecule has 0 radical (unpaired) electrons. The molecule has 4 aliphatic rings. The van der Waals surface area contributed by atoms with Crippen LogP contribution in [0.15, 0.2) is 47.1 Å². The second-order valence-corrected chi connectivity index (χ2v) is 8.87. The number of ketones is 3. The molecule has 6 nitrogen and oxygen atoms in total. The van der Waals surface area contributed by atoms with Gasteiger partial charge in [0.15, 0.2) is 18.2 Å². The van der Waals surface area contributed by atoms with Crippen molar-refractivity contribution in [1.29, 1.82) is 0 Å². The zero-order valence-electron chi connectivity index (χ0n) is 16.8. The van der Waals surface area contributed by atoms with Gasteiger partial charge in [-0.3, -0.25) is 19.2 Å². The summed E-state index contributed by atoms with van der Waals surface area (Å²) in [5, 5.41) is 11.4. The van der Waals surface area contributed by atoms with Crippen LogP contribution in [0.4, 0.5) is 0 Å². The molecule has 0 aromatic rings. The molecule has 0 amide bonds. The molecule has 0 spiro atoms. The van der Waals surface area contributed by atoms with Gasteiger partial charge in [-0.15, -0.1) is 0 Å². The van der Waals surface area contributed by atoms with E-state index in [-0.39, 0.29) is 30.3 Å². The summed E-state index contributed by atoms with van der Waals surface area (Å²) in [6, 6.07) is 0. The number of allylic oxidation sites excluding steroid dienone is 8. The Labute approximate surface area is 169 Å². The van der Waals surface area contributed by atoms with E-state index < -0.39 is 34.8 Å². The van der Waals surface area contributed by atoms with Crippen LogP contribution in [0.3, 0.4) is 0 Å². The van der Waals surface area contributed by atoms with Crippen molar-refractivity contribution in [2.24, 2.45) is 16.7 Å². The van der Waals surface area contributed by atoms with Crippen molar-refractivity contribution in [3.05, 3.63) is 47.1 Å². The molecular weight excluding hydrogens is 372 g/mol. The van der Waals surface area contributed by atoms with Crippen LogP contribution in [0.2, 0.25) is 0 Å². The predicted octanol–water partition coefficient (Wildman–Crippen LogP) is 2.18. The van der Waals surface area contributed by atoms with E-state index in [0.29, 0.717) is 12.0 Å². The average Bonchev–Trinajstić information content (AvgIpc) is 2.91. The summed E-state index contributed by atoms with van der Waals surface area (Å²) in [7, 11) is 0. The molecular formula is C23H24O6. The third-order valence-corrected chi connectivity index (χ3v) is 7.29. The summed E-state index contributed by atoms with van der Waals surface area (Å²) in [5.74, 6) is -1.57. The second-order valence-electron chi connectivity index (χ2n) is 8.87. The highest BCUT2D eigenvalue weighted by atomic mass is 16.5. The molecule has 0 bridgehead atoms. The first-order valence-corrected chi connectivity index (χ1v) is 9.83. The lowest BCUT2D eigenvalue weighted by atomic mass is 9.54. The van der Waals surface area contributed by atoms with Gasteiger partial charge in [-0.25, -0.2) is 0 Å². The topological polar surface area (TPSA) is 97.7 Å². The van der Waals surface area contributed by atoms with Crippen molar-refractivity contribution in [2.75, 3.05) is 6.61 Å². The quantitative estimate of drug-likeness (QED) is 0.735. The molecule has 1 N–H and O–H groups in total. The minimum absolute atomic E-state index is 0.0251. The first-order valence-electron chi connectivity index (χ1n) is 9.83. The number of fused-ring (bicyclic) bond motifs is 4. The fraction of sp³-hybridized carbons (Fsp3) is 0.478. The summed E-state index contributed by atoms with van der Waals surface area (Å²) in [4.78, 5) is 49.0. The van der Waals surface area contributed by atoms with Gasteiger partial charge in [-0.2, -0.15) is 0 Å². The monoisotopic (exact) mass is 396 g/mol. The van der Waals surface area contributed by atoms with Crippen LogP contribution in [-0.2, 0) is 23.9 Å². The van der Waals surface area contributed by atoms with Gasteiger partial charge in [0.25, 0.3) is 0 Å². The first-order chi connectivity index (χ1) is 13.5. The van der Waals surface area contributed by atoms with Gasteiger partial charge in [0.1, 0.15) is 5.60 Å². The summed E-state index contributed by atoms with van der Waals surface area (Å²) in [6.07, 6.45) is 9.31. The van der Waals surface area contributed by atoms with Gasteiger partial charge in [0.2, 0.25) is 5.78 Å². The molecule has 0 aromatic carbocycles. The van der Waals surface area contributed by atoms with E-state index in [2.05, 4.69) is 0 Å². The Morgan fingerprint density at radius 1 is 1.21 bits per heavy atom. The van der Waals surface area contributed by atoms with Crippen molar-refractivity contribution in [1.82, 2.24) is 0 Å². The van der Waals surface area contributed by atoms with Crippen LogP contribution in [0.25, 0.3) is 0 Å². The lowest BCUT2D eigenvalue weighted by molar-refractivity contribution is -0.162. The van der Waals surface area contributed by atoms with Crippen molar-refractivity contribution in [3.63, 3.8) is 0 Å². The number of hydrogen-bond donors (Lipinski definition) is 1. The Morgan fingerprint density at radius 3 is 2.62 bits per heavy atom. The molecule has 4 aliphatic carbocycles. The minimum atomic E-state index is -1.73. The number of hydrogen-bond acceptors (Lipinski definition) is 6. The molecule has 29 heavy (non-hydrogen) atoms. The maximum Gasteiger partial charge on any atom is 0.303 e. The molecule has 6 heteroatoms. The Hall–Kier alpha value is -2.60. The fourth-order valence-electron chi connectivity index (χ4n) is 5.63. The second kappa shape index (κ2) is 6.20. The van der Waals surface area contributed by atoms with Crippen LogP contribution in [0, 0.1) is 16.7 Å². The highest BCUT2D eigenvalue weighted by molar-refractivity contribution is 6.07. The Balaban J connectivity index is 1.77. The zero-order valence-corrected chi connectivity index (χ0v) is 16.8. The number of carbonyl (C=O) groups excluding carboxylic acids is 4. The molecule has 1 fully saturated rings. The van der Waals surface area contributed by atoms with E-state index in [1.54, 1.807) is 19.1 Å². The Bertz CT molecular complexity index is 979. The molecule has 0 aliphatic heterocycles. The molecule has 4 atom stereocenters. The van der Waals surface area contributed by atoms with Crippen LogP contribution in [0.1, 0.15) is 40.0 Å². The molecule has 152 valence electrons. The molecule has 4 rings (SSSR count). The van der Waals surface area contributed by atoms with Gasteiger partial charge >= 0.3 is 5.97 Å². The standard InChI is InChI=1S/C23H24O6/c1-13(24)29-12-19(27)23(28)9-7-17-16-5-4-14-10-15(25)6-8-21(14,2)20(16)18(26)11-22(17,23)3/h4-6,8,10,17,28H,7,9,11-12H2,1-3H3/t17-,21-,22-,23-/m0/s1. The maximum absolute atomic E-state index is 13.3. The molecule has 0 heterocycles. The number of esters is 1. The number of carbonyl (C=O) groups is 4. The van der Waals surface area contributed by atoms with Crippen molar-refractivity contribution in [3.8, 4) is 0 Å². The van der Waals surface area contributed by atoms with Crippen LogP contribution >= 0.6 is 0 Å². The average molecular weight is 396 g/mol. The van der Waals surface area contributed by atoms with Gasteiger partial charge < -0.3 is 9.84 Å². The third-order valence-electron chi connectivity index (χ3n) is 7.29. The first kappa shape index (κ1) is 19.7. The summed E-state index contributed by atoms with van der Waals surface area (Å²) < 4.78 is 4.83. The van der Waals surface area contributed by atoms with Crippen LogP contribution in [0.5, 0.6) is 0 Å². The summed E-state index contributed by atoms with van der Waals surface area (Å²) in [6.45, 7) is 4.41. The third kappa shape index (κ3) is 2.58. The Kier molecular flexibility index (Phi) is 4.21. The number of rotatable bonds is 3. The maximum atomic E-state index is 13.3. The van der Waals surface area contributed by atoms with E-state index in [0.717, 1.165) is 11.1 Å². The highest BCUT2D eigenvalue weighted by Gasteiger charge is 2.64. The largest absolute Gasteiger partial charge is 0.458 e. The smallest absolute Gasteiger partial charge is 0.303 e. The van der Waals surface area contributed by atoms with Crippen molar-refractivity contribution < 1.29 is 29.0 Å². The molecule has 0 unspecified atom stereocenters. The van der Waals surface area contributed by atoms with Crippen LogP contribution < -0.4 is 0 Å². The van der Waals surface area contributed by atoms with Gasteiger partial charge in [-0.05, 0) is 49.0 Å². The molecule has 0 aromatic heterocycles. The minimum Gasteiger partial charge on any atom is -0.458 e. The van der Waals surface area contributed by atoms with E-state index in [1.165, 1.54) is 13.0 Å². The molecule has 0 saturated heterocycles. The van der Waals surface area contributed by atoms with E-state index >= 15 is 0 Å².